The van der Waals surface area contributed by atoms with Crippen molar-refractivity contribution in [2.75, 3.05) is 13.7 Å². The lowest BCUT2D eigenvalue weighted by Crippen LogP contribution is -2.38. The number of amides is 1. The van der Waals surface area contributed by atoms with Crippen LogP contribution in [0.1, 0.15) is 36.1 Å². The number of benzene rings is 3. The molecule has 0 saturated heterocycles. The molecule has 0 bridgehead atoms. The monoisotopic (exact) mass is 557 g/mol. The number of amidine groups is 1. The molecule has 0 radical (unpaired) electrons. The topological polar surface area (TPSA) is 80.2 Å². The summed E-state index contributed by atoms with van der Waals surface area (Å²) in [6, 6.07) is 22.4. The molecule has 2 aliphatic rings. The van der Waals surface area contributed by atoms with Gasteiger partial charge in [-0.3, -0.25) is 4.79 Å². The Hall–Kier alpha value is -4.37. The summed E-state index contributed by atoms with van der Waals surface area (Å²) in [5, 5.41) is 5.45. The lowest BCUT2D eigenvalue weighted by atomic mass is 9.91. The minimum absolute atomic E-state index is 0.0661. The number of ether oxygens (including phenoxy) is 2. The van der Waals surface area contributed by atoms with Gasteiger partial charge in [0.25, 0.3) is 0 Å². The smallest absolute Gasteiger partial charge is 0.338 e. The van der Waals surface area contributed by atoms with E-state index >= 15 is 0 Å². The van der Waals surface area contributed by atoms with Crippen molar-refractivity contribution >= 4 is 34.5 Å². The molecule has 2 aliphatic heterocycles. The van der Waals surface area contributed by atoms with E-state index in [1.165, 1.54) is 23.9 Å². The molecule has 7 nitrogen and oxygen atoms in total. The molecule has 2 heterocycles. The molecule has 3 aromatic carbocycles. The van der Waals surface area contributed by atoms with Gasteiger partial charge in [-0.15, -0.1) is 0 Å². The van der Waals surface area contributed by atoms with Crippen LogP contribution in [0.25, 0.3) is 5.70 Å². The van der Waals surface area contributed by atoms with E-state index in [-0.39, 0.29) is 31.3 Å². The van der Waals surface area contributed by atoms with Crippen molar-refractivity contribution in [3.05, 3.63) is 118 Å². The SMILES string of the molecule is CCOC(=O)C1=C(c2ccccc2)N=C2SC=C(CC(=O)NCc3ccc(F)cc3)N2C1c1ccc(OC)cc1. The second-order valence-electron chi connectivity index (χ2n) is 9.10. The lowest BCUT2D eigenvalue weighted by Gasteiger charge is -2.36. The third kappa shape index (κ3) is 5.79. The first kappa shape index (κ1) is 27.2. The molecule has 1 amide bonds. The fourth-order valence-corrected chi connectivity index (χ4v) is 5.54. The summed E-state index contributed by atoms with van der Waals surface area (Å²) in [5.41, 5.74) is 4.04. The fraction of sp³-hybridized carbons (Fsp3) is 0.194. The van der Waals surface area contributed by atoms with Crippen LogP contribution in [0.2, 0.25) is 0 Å². The summed E-state index contributed by atoms with van der Waals surface area (Å²) in [6.07, 6.45) is 0.0661. The quantitative estimate of drug-likeness (QED) is 0.334. The van der Waals surface area contributed by atoms with Gasteiger partial charge in [0.1, 0.15) is 11.6 Å². The Morgan fingerprint density at radius 1 is 1.02 bits per heavy atom. The minimum atomic E-state index is -0.584. The summed E-state index contributed by atoms with van der Waals surface area (Å²) in [6.45, 7) is 2.25. The summed E-state index contributed by atoms with van der Waals surface area (Å²) in [4.78, 5) is 33.4. The largest absolute Gasteiger partial charge is 0.497 e. The molecule has 0 aliphatic carbocycles. The molecule has 1 N–H and O–H groups in total. The third-order valence-corrected chi connectivity index (χ3v) is 7.42. The molecule has 3 aromatic rings. The molecule has 0 saturated carbocycles. The second-order valence-corrected chi connectivity index (χ2v) is 9.93. The third-order valence-electron chi connectivity index (χ3n) is 6.53. The fourth-order valence-electron chi connectivity index (χ4n) is 4.62. The van der Waals surface area contributed by atoms with Crippen LogP contribution in [-0.2, 0) is 20.9 Å². The van der Waals surface area contributed by atoms with Gasteiger partial charge in [0.2, 0.25) is 5.91 Å². The van der Waals surface area contributed by atoms with Gasteiger partial charge < -0.3 is 19.7 Å². The van der Waals surface area contributed by atoms with Crippen LogP contribution >= 0.6 is 11.8 Å². The average Bonchev–Trinajstić information content (AvgIpc) is 3.38. The number of rotatable bonds is 9. The van der Waals surface area contributed by atoms with Gasteiger partial charge in [-0.25, -0.2) is 14.2 Å². The normalized spacial score (nSPS) is 16.2. The van der Waals surface area contributed by atoms with E-state index in [0.717, 1.165) is 16.7 Å². The molecule has 0 fully saturated rings. The molecular weight excluding hydrogens is 529 g/mol. The van der Waals surface area contributed by atoms with Crippen LogP contribution in [0.15, 0.2) is 101 Å². The number of carbonyl (C=O) groups excluding carboxylic acids is 2. The number of thioether (sulfide) groups is 1. The van der Waals surface area contributed by atoms with Gasteiger partial charge in [-0.05, 0) is 47.7 Å². The van der Waals surface area contributed by atoms with Gasteiger partial charge in [-0.1, -0.05) is 66.4 Å². The van der Waals surface area contributed by atoms with E-state index in [2.05, 4.69) is 5.32 Å². The highest BCUT2D eigenvalue weighted by atomic mass is 32.2. The maximum atomic E-state index is 13.6. The van der Waals surface area contributed by atoms with E-state index < -0.39 is 12.0 Å². The van der Waals surface area contributed by atoms with Crippen molar-refractivity contribution in [2.45, 2.75) is 25.9 Å². The standard InChI is InChI=1S/C31H28FN3O4S/c1-3-39-30(37)27-28(21-7-5-4-6-8-21)34-31-35(29(27)22-11-15-25(38-2)16-12-22)24(19-40-31)17-26(36)33-18-20-9-13-23(32)14-10-20/h4-16,19,29H,3,17-18H2,1-2H3,(H,33,36). The average molecular weight is 558 g/mol. The summed E-state index contributed by atoms with van der Waals surface area (Å²) in [7, 11) is 1.60. The zero-order valence-electron chi connectivity index (χ0n) is 22.1. The zero-order chi connectivity index (χ0) is 28.1. The number of aliphatic imine (C=N–C) groups is 1. The first-order valence-electron chi connectivity index (χ1n) is 12.8. The van der Waals surface area contributed by atoms with E-state index in [1.807, 2.05) is 64.9 Å². The Labute approximate surface area is 236 Å². The molecule has 1 unspecified atom stereocenters. The molecule has 0 aromatic heterocycles. The molecule has 40 heavy (non-hydrogen) atoms. The number of methoxy groups -OCH3 is 1. The highest BCUT2D eigenvalue weighted by Crippen LogP contribution is 2.47. The number of nitrogens with zero attached hydrogens (tertiary/aromatic N) is 2. The molecule has 1 atom stereocenters. The second kappa shape index (κ2) is 12.2. The van der Waals surface area contributed by atoms with Crippen molar-refractivity contribution in [2.24, 2.45) is 4.99 Å². The van der Waals surface area contributed by atoms with Gasteiger partial charge in [0.15, 0.2) is 5.17 Å². The van der Waals surface area contributed by atoms with E-state index in [0.29, 0.717) is 27.9 Å². The van der Waals surface area contributed by atoms with Gasteiger partial charge in [0, 0.05) is 17.8 Å². The Balaban J connectivity index is 1.51. The van der Waals surface area contributed by atoms with Crippen LogP contribution in [-0.4, -0.2) is 35.7 Å². The Morgan fingerprint density at radius 3 is 2.42 bits per heavy atom. The van der Waals surface area contributed by atoms with E-state index in [4.69, 9.17) is 14.5 Å². The Kier molecular flexibility index (Phi) is 8.31. The predicted octanol–water partition coefficient (Wildman–Crippen LogP) is 5.82. The van der Waals surface area contributed by atoms with E-state index in [1.54, 1.807) is 26.2 Å². The van der Waals surface area contributed by atoms with Gasteiger partial charge >= 0.3 is 5.97 Å². The molecule has 0 spiro atoms. The zero-order valence-corrected chi connectivity index (χ0v) is 22.9. The Morgan fingerprint density at radius 2 is 1.75 bits per heavy atom. The molecule has 9 heteroatoms. The number of halogens is 1. The Bertz CT molecular complexity index is 1490. The van der Waals surface area contributed by atoms with Crippen molar-refractivity contribution < 1.29 is 23.5 Å². The number of hydrogen-bond donors (Lipinski definition) is 1. The number of fused-ring (bicyclic) bond motifs is 1. The van der Waals surface area contributed by atoms with Crippen molar-refractivity contribution in [1.82, 2.24) is 10.2 Å². The predicted molar refractivity (Wildman–Crippen MR) is 154 cm³/mol. The summed E-state index contributed by atoms with van der Waals surface area (Å²) >= 11 is 1.41. The van der Waals surface area contributed by atoms with Crippen molar-refractivity contribution in [3.8, 4) is 5.75 Å². The maximum Gasteiger partial charge on any atom is 0.338 e. The number of hydrogen-bond acceptors (Lipinski definition) is 7. The first-order valence-corrected chi connectivity index (χ1v) is 13.7. The van der Waals surface area contributed by atoms with Crippen LogP contribution in [0.5, 0.6) is 5.75 Å². The number of nitrogens with one attached hydrogen (secondary N) is 1. The number of carbonyl (C=O) groups is 2. The number of esters is 1. The van der Waals surface area contributed by atoms with Crippen LogP contribution in [0.3, 0.4) is 0 Å². The summed E-state index contributed by atoms with van der Waals surface area (Å²) < 4.78 is 24.1. The molecule has 204 valence electrons. The maximum absolute atomic E-state index is 13.6. The van der Waals surface area contributed by atoms with E-state index in [9.17, 15) is 14.0 Å². The van der Waals surface area contributed by atoms with Crippen LogP contribution in [0, 0.1) is 5.82 Å². The highest BCUT2D eigenvalue weighted by Gasteiger charge is 2.42. The van der Waals surface area contributed by atoms with Gasteiger partial charge in [-0.2, -0.15) is 0 Å². The highest BCUT2D eigenvalue weighted by molar-refractivity contribution is 8.16. The summed E-state index contributed by atoms with van der Waals surface area (Å²) in [5.74, 6) is -0.321. The van der Waals surface area contributed by atoms with Crippen LogP contribution in [0.4, 0.5) is 4.39 Å². The molecule has 5 rings (SSSR count). The van der Waals surface area contributed by atoms with Crippen molar-refractivity contribution in [3.63, 3.8) is 0 Å². The van der Waals surface area contributed by atoms with Crippen LogP contribution < -0.4 is 10.1 Å². The van der Waals surface area contributed by atoms with Crippen molar-refractivity contribution in [1.29, 1.82) is 0 Å². The first-order chi connectivity index (χ1) is 19.5. The lowest BCUT2D eigenvalue weighted by molar-refractivity contribution is -0.139. The minimum Gasteiger partial charge on any atom is -0.497 e. The van der Waals surface area contributed by atoms with Gasteiger partial charge in [0.05, 0.1) is 37.4 Å². The molecular formula is C31H28FN3O4S.